The Kier molecular flexibility index (Phi) is 3.39. The molecule has 0 radical (unpaired) electrons. The molecule has 0 aliphatic heterocycles. The summed E-state index contributed by atoms with van der Waals surface area (Å²) < 4.78 is 0. The van der Waals surface area contributed by atoms with E-state index in [1.54, 1.807) is 0 Å². The van der Waals surface area contributed by atoms with Crippen molar-refractivity contribution in [1.82, 2.24) is 4.98 Å². The number of nitro groups is 2. The minimum absolute atomic E-state index is 0.128. The van der Waals surface area contributed by atoms with Crippen molar-refractivity contribution in [3.63, 3.8) is 0 Å². The third-order valence-electron chi connectivity index (χ3n) is 2.29. The molecule has 0 unspecified atom stereocenters. The first kappa shape index (κ1) is 13.5. The van der Waals surface area contributed by atoms with E-state index in [0.29, 0.717) is 0 Å². The zero-order valence-corrected chi connectivity index (χ0v) is 10.4. The van der Waals surface area contributed by atoms with Crippen molar-refractivity contribution in [2.75, 3.05) is 0 Å². The molecule has 102 valence electrons. The summed E-state index contributed by atoms with van der Waals surface area (Å²) in [4.78, 5) is 34.4. The molecule has 0 atom stereocenters. The summed E-state index contributed by atoms with van der Waals surface area (Å²) >= 11 is 0.935. The lowest BCUT2D eigenvalue weighted by molar-refractivity contribution is -0.394. The standard InChI is InChI=1S/C10H5N3O6S/c14-10(15)8-4-20-9(11-8)5-1-6(12(16)17)3-7(2-5)13(18)19/h1-4H,(H,14,15). The monoisotopic (exact) mass is 295 g/mol. The largest absolute Gasteiger partial charge is 0.476 e. The molecule has 2 aromatic rings. The normalized spacial score (nSPS) is 10.2. The molecule has 0 saturated carbocycles. The SMILES string of the molecule is O=C(O)c1csc(-c2cc([N+](=O)[O-])cc([N+](=O)[O-])c2)n1. The number of carbonyl (C=O) groups is 1. The van der Waals surface area contributed by atoms with E-state index in [4.69, 9.17) is 5.11 Å². The van der Waals surface area contributed by atoms with Crippen molar-refractivity contribution in [3.8, 4) is 10.6 Å². The van der Waals surface area contributed by atoms with E-state index < -0.39 is 27.2 Å². The number of benzene rings is 1. The fraction of sp³-hybridized carbons (Fsp3) is 0. The number of aromatic carboxylic acids is 1. The van der Waals surface area contributed by atoms with Crippen molar-refractivity contribution in [3.05, 3.63) is 49.5 Å². The lowest BCUT2D eigenvalue weighted by atomic mass is 10.2. The van der Waals surface area contributed by atoms with E-state index in [2.05, 4.69) is 4.98 Å². The van der Waals surface area contributed by atoms with Gasteiger partial charge in [-0.25, -0.2) is 9.78 Å². The molecule has 2 rings (SSSR count). The van der Waals surface area contributed by atoms with Crippen LogP contribution < -0.4 is 0 Å². The topological polar surface area (TPSA) is 136 Å². The van der Waals surface area contributed by atoms with Crippen LogP contribution in [-0.2, 0) is 0 Å². The van der Waals surface area contributed by atoms with Gasteiger partial charge in [-0.15, -0.1) is 11.3 Å². The fourth-order valence-electron chi connectivity index (χ4n) is 1.43. The molecule has 1 heterocycles. The van der Waals surface area contributed by atoms with E-state index in [9.17, 15) is 25.0 Å². The predicted molar refractivity (Wildman–Crippen MR) is 67.8 cm³/mol. The Morgan fingerprint density at radius 3 is 2.10 bits per heavy atom. The molecule has 20 heavy (non-hydrogen) atoms. The lowest BCUT2D eigenvalue weighted by Crippen LogP contribution is -1.96. The van der Waals surface area contributed by atoms with Crippen LogP contribution >= 0.6 is 11.3 Å². The lowest BCUT2D eigenvalue weighted by Gasteiger charge is -1.98. The van der Waals surface area contributed by atoms with Gasteiger partial charge in [0.15, 0.2) is 5.69 Å². The molecular weight excluding hydrogens is 290 g/mol. The van der Waals surface area contributed by atoms with Crippen LogP contribution in [0.4, 0.5) is 11.4 Å². The number of non-ortho nitro benzene ring substituents is 2. The number of aromatic nitrogens is 1. The molecule has 1 aromatic carbocycles. The summed E-state index contributed by atoms with van der Waals surface area (Å²) in [6.45, 7) is 0. The molecule has 0 spiro atoms. The van der Waals surface area contributed by atoms with Gasteiger partial charge in [0.1, 0.15) is 5.01 Å². The maximum Gasteiger partial charge on any atom is 0.355 e. The van der Waals surface area contributed by atoms with Gasteiger partial charge in [0.05, 0.1) is 15.9 Å². The Hall–Kier alpha value is -2.88. The molecule has 0 bridgehead atoms. The highest BCUT2D eigenvalue weighted by Gasteiger charge is 2.19. The van der Waals surface area contributed by atoms with Gasteiger partial charge in [-0.2, -0.15) is 0 Å². The van der Waals surface area contributed by atoms with Crippen LogP contribution in [0.2, 0.25) is 0 Å². The smallest absolute Gasteiger partial charge is 0.355 e. The van der Waals surface area contributed by atoms with Gasteiger partial charge in [0.2, 0.25) is 0 Å². The minimum Gasteiger partial charge on any atom is -0.476 e. The maximum atomic E-state index is 10.7. The van der Waals surface area contributed by atoms with E-state index in [-0.39, 0.29) is 16.3 Å². The molecule has 1 N–H and O–H groups in total. The highest BCUT2D eigenvalue weighted by atomic mass is 32.1. The second kappa shape index (κ2) is 5.01. The fourth-order valence-corrected chi connectivity index (χ4v) is 2.22. The third-order valence-corrected chi connectivity index (χ3v) is 3.19. The zero-order chi connectivity index (χ0) is 14.9. The molecular formula is C10H5N3O6S. The number of carboxylic acids is 1. The summed E-state index contributed by atoms with van der Waals surface area (Å²) in [6, 6.07) is 3.05. The van der Waals surface area contributed by atoms with Crippen LogP contribution in [0.5, 0.6) is 0 Å². The molecule has 0 saturated heterocycles. The molecule has 9 nitrogen and oxygen atoms in total. The van der Waals surface area contributed by atoms with E-state index in [0.717, 1.165) is 29.5 Å². The quantitative estimate of drug-likeness (QED) is 0.674. The average molecular weight is 295 g/mol. The van der Waals surface area contributed by atoms with Gasteiger partial charge in [-0.3, -0.25) is 20.2 Å². The first-order chi connectivity index (χ1) is 9.38. The van der Waals surface area contributed by atoms with Crippen molar-refractivity contribution in [2.24, 2.45) is 0 Å². The van der Waals surface area contributed by atoms with Crippen LogP contribution in [0.25, 0.3) is 10.6 Å². The van der Waals surface area contributed by atoms with Gasteiger partial charge in [0.25, 0.3) is 11.4 Å². The van der Waals surface area contributed by atoms with Crippen molar-refractivity contribution >= 4 is 28.7 Å². The summed E-state index contributed by atoms with van der Waals surface area (Å²) in [5.41, 5.74) is -1.01. The number of carboxylic acid groups (broad SMARTS) is 1. The van der Waals surface area contributed by atoms with Crippen molar-refractivity contribution < 1.29 is 19.7 Å². The van der Waals surface area contributed by atoms with Crippen LogP contribution in [-0.4, -0.2) is 25.9 Å². The van der Waals surface area contributed by atoms with Crippen molar-refractivity contribution in [2.45, 2.75) is 0 Å². The Morgan fingerprint density at radius 1 is 1.15 bits per heavy atom. The van der Waals surface area contributed by atoms with Gasteiger partial charge < -0.3 is 5.11 Å². The van der Waals surface area contributed by atoms with Gasteiger partial charge in [-0.05, 0) is 0 Å². The highest BCUT2D eigenvalue weighted by Crippen LogP contribution is 2.31. The average Bonchev–Trinajstić information content (AvgIpc) is 2.87. The second-order valence-corrected chi connectivity index (χ2v) is 4.45. The zero-order valence-electron chi connectivity index (χ0n) is 9.55. The van der Waals surface area contributed by atoms with E-state index in [1.807, 2.05) is 0 Å². The molecule has 0 aliphatic rings. The molecule has 0 fully saturated rings. The maximum absolute atomic E-state index is 10.7. The van der Waals surface area contributed by atoms with Crippen LogP contribution in [0.15, 0.2) is 23.6 Å². The number of nitrogens with zero attached hydrogens (tertiary/aromatic N) is 3. The predicted octanol–water partition coefficient (Wildman–Crippen LogP) is 2.32. The number of thiazole rings is 1. The second-order valence-electron chi connectivity index (χ2n) is 3.60. The summed E-state index contributed by atoms with van der Waals surface area (Å²) in [5.74, 6) is -1.24. The first-order valence-electron chi connectivity index (χ1n) is 5.01. The van der Waals surface area contributed by atoms with E-state index >= 15 is 0 Å². The van der Waals surface area contributed by atoms with Gasteiger partial charge in [-0.1, -0.05) is 0 Å². The molecule has 0 amide bonds. The number of rotatable bonds is 4. The molecule has 1 aromatic heterocycles. The summed E-state index contributed by atoms with van der Waals surface area (Å²) in [6.07, 6.45) is 0. The van der Waals surface area contributed by atoms with Crippen LogP contribution in [0.1, 0.15) is 10.5 Å². The Labute approximate surface area is 114 Å². The third kappa shape index (κ3) is 2.59. The highest BCUT2D eigenvalue weighted by molar-refractivity contribution is 7.13. The first-order valence-corrected chi connectivity index (χ1v) is 5.89. The Bertz CT molecular complexity index is 693. The minimum atomic E-state index is -1.24. The number of nitro benzene ring substituents is 2. The van der Waals surface area contributed by atoms with Gasteiger partial charge in [0, 0.05) is 23.1 Å². The van der Waals surface area contributed by atoms with Gasteiger partial charge >= 0.3 is 5.97 Å². The Morgan fingerprint density at radius 2 is 1.70 bits per heavy atom. The van der Waals surface area contributed by atoms with E-state index in [1.165, 1.54) is 5.38 Å². The number of hydrogen-bond donors (Lipinski definition) is 1. The van der Waals surface area contributed by atoms with Crippen LogP contribution in [0, 0.1) is 20.2 Å². The van der Waals surface area contributed by atoms with Crippen LogP contribution in [0.3, 0.4) is 0 Å². The summed E-state index contributed by atoms with van der Waals surface area (Å²) in [7, 11) is 0. The Balaban J connectivity index is 2.57. The summed E-state index contributed by atoms with van der Waals surface area (Å²) in [5, 5.41) is 31.7. The van der Waals surface area contributed by atoms with Crippen molar-refractivity contribution in [1.29, 1.82) is 0 Å². The number of hydrogen-bond acceptors (Lipinski definition) is 7. The molecule has 0 aliphatic carbocycles. The molecule has 10 heteroatoms.